The molecule has 4 rings (SSSR count). The molecule has 2 aromatic carbocycles. The molecule has 3 nitrogen and oxygen atoms in total. The van der Waals surface area contributed by atoms with Gasteiger partial charge in [-0.25, -0.2) is 9.97 Å². The summed E-state index contributed by atoms with van der Waals surface area (Å²) in [5.74, 6) is 0.740. The van der Waals surface area contributed by atoms with Crippen molar-refractivity contribution in [2.24, 2.45) is 0 Å². The van der Waals surface area contributed by atoms with E-state index in [9.17, 15) is 0 Å². The van der Waals surface area contributed by atoms with E-state index in [-0.39, 0.29) is 0 Å². The Hall–Kier alpha value is -2.68. The summed E-state index contributed by atoms with van der Waals surface area (Å²) >= 11 is 0. The first-order valence-electron chi connectivity index (χ1n) is 6.62. The van der Waals surface area contributed by atoms with Crippen LogP contribution >= 0.6 is 0 Å². The minimum absolute atomic E-state index is 0.740. The smallest absolute Gasteiger partial charge is 0.235 e. The van der Waals surface area contributed by atoms with Gasteiger partial charge >= 0.3 is 0 Å². The molecule has 0 spiro atoms. The monoisotopic (exact) mass is 259 g/mol. The summed E-state index contributed by atoms with van der Waals surface area (Å²) in [5.41, 5.74) is 5.61. The van der Waals surface area contributed by atoms with Crippen LogP contribution in [0.25, 0.3) is 28.1 Å². The third-order valence-corrected chi connectivity index (χ3v) is 3.55. The molecule has 4 aromatic rings. The van der Waals surface area contributed by atoms with Crippen molar-refractivity contribution in [3.05, 3.63) is 66.4 Å². The van der Waals surface area contributed by atoms with Crippen LogP contribution in [-0.2, 0) is 0 Å². The minimum atomic E-state index is 0.740. The zero-order valence-electron chi connectivity index (χ0n) is 11.1. The maximum Gasteiger partial charge on any atom is 0.235 e. The maximum absolute atomic E-state index is 4.57. The second-order valence-corrected chi connectivity index (χ2v) is 4.93. The molecule has 0 fully saturated rings. The van der Waals surface area contributed by atoms with Crippen molar-refractivity contribution in [3.63, 3.8) is 0 Å². The molecular formula is C17H13N3. The van der Waals surface area contributed by atoms with Crippen LogP contribution in [0.3, 0.4) is 0 Å². The number of hydrogen-bond acceptors (Lipinski definition) is 2. The quantitative estimate of drug-likeness (QED) is 0.519. The van der Waals surface area contributed by atoms with E-state index in [2.05, 4.69) is 51.6 Å². The van der Waals surface area contributed by atoms with E-state index >= 15 is 0 Å². The number of imidazole rings is 1. The van der Waals surface area contributed by atoms with Gasteiger partial charge in [0.25, 0.3) is 0 Å². The summed E-state index contributed by atoms with van der Waals surface area (Å²) in [5, 5.41) is 0. The van der Waals surface area contributed by atoms with Gasteiger partial charge in [-0.1, -0.05) is 42.0 Å². The highest BCUT2D eigenvalue weighted by Crippen LogP contribution is 2.24. The fourth-order valence-electron chi connectivity index (χ4n) is 2.54. The highest BCUT2D eigenvalue weighted by Gasteiger charge is 2.09. The van der Waals surface area contributed by atoms with Crippen molar-refractivity contribution < 1.29 is 0 Å². The van der Waals surface area contributed by atoms with Crippen LogP contribution in [0.15, 0.2) is 60.8 Å². The molecule has 0 bridgehead atoms. The zero-order chi connectivity index (χ0) is 13.5. The Labute approximate surface area is 116 Å². The highest BCUT2D eigenvalue weighted by molar-refractivity contribution is 5.82. The Kier molecular flexibility index (Phi) is 2.33. The Bertz CT molecular complexity index is 904. The third-order valence-electron chi connectivity index (χ3n) is 3.55. The van der Waals surface area contributed by atoms with Crippen LogP contribution in [0.5, 0.6) is 0 Å². The molecule has 3 heteroatoms. The highest BCUT2D eigenvalue weighted by atomic mass is 15.1. The third kappa shape index (κ3) is 1.60. The molecule has 0 saturated heterocycles. The van der Waals surface area contributed by atoms with Gasteiger partial charge in [-0.05, 0) is 30.7 Å². The molecule has 0 aliphatic rings. The number of para-hydroxylation sites is 2. The average Bonchev–Trinajstić information content (AvgIpc) is 2.86. The second-order valence-electron chi connectivity index (χ2n) is 4.93. The van der Waals surface area contributed by atoms with Gasteiger partial charge in [-0.15, -0.1) is 0 Å². The minimum Gasteiger partial charge on any atom is -0.276 e. The lowest BCUT2D eigenvalue weighted by Gasteiger charge is -2.06. The second kappa shape index (κ2) is 4.17. The molecule has 96 valence electrons. The van der Waals surface area contributed by atoms with E-state index in [0.717, 1.165) is 22.5 Å². The molecule has 0 aliphatic carbocycles. The first-order chi connectivity index (χ1) is 9.83. The summed E-state index contributed by atoms with van der Waals surface area (Å²) < 4.78 is 2.11. The fraction of sp³-hybridized carbons (Fsp3) is 0.0588. The fourth-order valence-corrected chi connectivity index (χ4v) is 2.54. The summed E-state index contributed by atoms with van der Waals surface area (Å²) in [7, 11) is 0. The van der Waals surface area contributed by atoms with Crippen LogP contribution in [0.1, 0.15) is 5.56 Å². The molecule has 0 N–H and O–H groups in total. The molecule has 0 atom stereocenters. The van der Waals surface area contributed by atoms with Gasteiger partial charge in [0.2, 0.25) is 5.78 Å². The number of hydrogen-bond donors (Lipinski definition) is 0. The average molecular weight is 259 g/mol. The van der Waals surface area contributed by atoms with Gasteiger partial charge in [0.15, 0.2) is 0 Å². The number of aryl methyl sites for hydroxylation is 1. The summed E-state index contributed by atoms with van der Waals surface area (Å²) in [6.45, 7) is 2.10. The first-order valence-corrected chi connectivity index (χ1v) is 6.62. The molecule has 0 saturated carbocycles. The Balaban J connectivity index is 2.11. The largest absolute Gasteiger partial charge is 0.276 e. The molecule has 0 aliphatic heterocycles. The van der Waals surface area contributed by atoms with Crippen LogP contribution < -0.4 is 0 Å². The van der Waals surface area contributed by atoms with Crippen molar-refractivity contribution in [2.45, 2.75) is 6.92 Å². The van der Waals surface area contributed by atoms with E-state index in [1.54, 1.807) is 0 Å². The van der Waals surface area contributed by atoms with E-state index in [1.807, 2.05) is 30.5 Å². The standard InChI is InChI=1S/C17H13N3/c1-12-6-8-13(9-7-12)15-10-11-18-17-19-14-4-2-3-5-16(14)20(15)17/h2-11H,1H3. The summed E-state index contributed by atoms with van der Waals surface area (Å²) in [6, 6.07) is 18.7. The predicted octanol–water partition coefficient (Wildman–Crippen LogP) is 3.86. The van der Waals surface area contributed by atoms with E-state index in [0.29, 0.717) is 0 Å². The van der Waals surface area contributed by atoms with Crippen molar-refractivity contribution in [1.82, 2.24) is 14.4 Å². The lowest BCUT2D eigenvalue weighted by atomic mass is 10.1. The molecular weight excluding hydrogens is 246 g/mol. The first kappa shape index (κ1) is 11.2. The molecule has 2 aromatic heterocycles. The van der Waals surface area contributed by atoms with E-state index < -0.39 is 0 Å². The van der Waals surface area contributed by atoms with Crippen LogP contribution in [-0.4, -0.2) is 14.4 Å². The van der Waals surface area contributed by atoms with Crippen molar-refractivity contribution >= 4 is 16.8 Å². The number of rotatable bonds is 1. The predicted molar refractivity (Wildman–Crippen MR) is 80.7 cm³/mol. The molecule has 0 unspecified atom stereocenters. The SMILES string of the molecule is Cc1ccc(-c2ccnc3nc4ccccc4n23)cc1. The van der Waals surface area contributed by atoms with E-state index in [1.165, 1.54) is 11.1 Å². The maximum atomic E-state index is 4.57. The number of nitrogens with zero attached hydrogens (tertiary/aromatic N) is 3. The lowest BCUT2D eigenvalue weighted by molar-refractivity contribution is 1.14. The van der Waals surface area contributed by atoms with Crippen molar-refractivity contribution in [3.8, 4) is 11.3 Å². The molecule has 0 radical (unpaired) electrons. The van der Waals surface area contributed by atoms with E-state index in [4.69, 9.17) is 0 Å². The Morgan fingerprint density at radius 2 is 1.70 bits per heavy atom. The summed E-state index contributed by atoms with van der Waals surface area (Å²) in [6.07, 6.45) is 1.82. The topological polar surface area (TPSA) is 30.2 Å². The zero-order valence-corrected chi connectivity index (χ0v) is 11.1. The van der Waals surface area contributed by atoms with Crippen LogP contribution in [0.4, 0.5) is 0 Å². The molecule has 20 heavy (non-hydrogen) atoms. The van der Waals surface area contributed by atoms with Gasteiger partial charge < -0.3 is 0 Å². The normalized spacial score (nSPS) is 11.2. The number of aromatic nitrogens is 3. The number of fused-ring (bicyclic) bond motifs is 3. The van der Waals surface area contributed by atoms with Gasteiger partial charge in [-0.3, -0.25) is 4.40 Å². The Morgan fingerprint density at radius 3 is 2.55 bits per heavy atom. The van der Waals surface area contributed by atoms with Crippen molar-refractivity contribution in [2.75, 3.05) is 0 Å². The van der Waals surface area contributed by atoms with Gasteiger partial charge in [0.05, 0.1) is 16.7 Å². The van der Waals surface area contributed by atoms with Crippen LogP contribution in [0.2, 0.25) is 0 Å². The van der Waals surface area contributed by atoms with Crippen molar-refractivity contribution in [1.29, 1.82) is 0 Å². The van der Waals surface area contributed by atoms with Crippen LogP contribution in [0, 0.1) is 6.92 Å². The molecule has 2 heterocycles. The summed E-state index contributed by atoms with van der Waals surface area (Å²) in [4.78, 5) is 8.94. The lowest BCUT2D eigenvalue weighted by Crippen LogP contribution is -1.94. The van der Waals surface area contributed by atoms with Gasteiger partial charge in [0.1, 0.15) is 0 Å². The number of benzene rings is 2. The molecule has 0 amide bonds. The Morgan fingerprint density at radius 1 is 0.900 bits per heavy atom. The van der Waals surface area contributed by atoms with Gasteiger partial charge in [0, 0.05) is 6.20 Å². The van der Waals surface area contributed by atoms with Gasteiger partial charge in [-0.2, -0.15) is 0 Å².